The number of aliphatic hydroxyl groups is 3. The van der Waals surface area contributed by atoms with Gasteiger partial charge in [0.05, 0.1) is 36.3 Å². The maximum atomic E-state index is 14.4. The van der Waals surface area contributed by atoms with E-state index in [1.165, 1.54) is 25.2 Å². The summed E-state index contributed by atoms with van der Waals surface area (Å²) in [5, 5.41) is 33.3. The first-order valence-corrected chi connectivity index (χ1v) is 14.5. The van der Waals surface area contributed by atoms with Crippen molar-refractivity contribution in [3.05, 3.63) is 21.7 Å². The van der Waals surface area contributed by atoms with Gasteiger partial charge in [-0.2, -0.15) is 13.2 Å². The number of aliphatic hydroxyl groups excluding tert-OH is 3. The molecular formula is C28H38F3NO7S. The van der Waals surface area contributed by atoms with Crippen molar-refractivity contribution in [3.63, 3.8) is 0 Å². The Balaban J connectivity index is 1.66. The molecule has 1 aliphatic carbocycles. The van der Waals surface area contributed by atoms with Crippen LogP contribution >= 0.6 is 11.3 Å². The largest absolute Gasteiger partial charge is 0.458 e. The van der Waals surface area contributed by atoms with E-state index in [0.29, 0.717) is 22.7 Å². The summed E-state index contributed by atoms with van der Waals surface area (Å²) in [7, 11) is 0. The van der Waals surface area contributed by atoms with Crippen LogP contribution < -0.4 is 0 Å². The molecule has 3 aliphatic rings. The SMILES string of the molecule is C/C(=C\c1csc(CO)n1)[C@@H]1C[C@@H]2O[C@]2(C(F)(F)F)C[C@@H]2C[C@H]2[C@H](C)[C@H](O)[C@@H](C)C(=O)C(C)(C)[C@@H](O)CC(=O)O1. The first-order valence-electron chi connectivity index (χ1n) is 13.6. The molecule has 1 aromatic heterocycles. The minimum atomic E-state index is -4.65. The van der Waals surface area contributed by atoms with Gasteiger partial charge in [-0.15, -0.1) is 11.3 Å². The number of carbonyl (C=O) groups is 2. The third-order valence-corrected chi connectivity index (χ3v) is 9.95. The lowest BCUT2D eigenvalue weighted by Crippen LogP contribution is -2.46. The first-order chi connectivity index (χ1) is 18.5. The molecular weight excluding hydrogens is 551 g/mol. The Labute approximate surface area is 235 Å². The molecule has 8 nitrogen and oxygen atoms in total. The molecule has 40 heavy (non-hydrogen) atoms. The van der Waals surface area contributed by atoms with Gasteiger partial charge >= 0.3 is 12.1 Å². The van der Waals surface area contributed by atoms with Crippen molar-refractivity contribution in [2.75, 3.05) is 0 Å². The highest BCUT2D eigenvalue weighted by Gasteiger charge is 2.74. The van der Waals surface area contributed by atoms with Gasteiger partial charge in [-0.05, 0) is 49.2 Å². The molecule has 0 amide bonds. The number of hydrogen-bond acceptors (Lipinski definition) is 9. The van der Waals surface area contributed by atoms with Crippen LogP contribution in [0.15, 0.2) is 11.0 Å². The van der Waals surface area contributed by atoms with E-state index in [-0.39, 0.29) is 31.3 Å². The van der Waals surface area contributed by atoms with Crippen LogP contribution in [-0.4, -0.2) is 68.2 Å². The van der Waals surface area contributed by atoms with Crippen molar-refractivity contribution in [2.24, 2.45) is 29.1 Å². The highest BCUT2D eigenvalue weighted by atomic mass is 32.1. The normalized spacial score (nSPS) is 39.2. The smallest absolute Gasteiger partial charge is 0.420 e. The first kappa shape index (κ1) is 31.1. The minimum Gasteiger partial charge on any atom is -0.458 e. The summed E-state index contributed by atoms with van der Waals surface area (Å²) in [6.07, 6.45) is -8.58. The fourth-order valence-electron chi connectivity index (χ4n) is 6.09. The van der Waals surface area contributed by atoms with Gasteiger partial charge in [0.1, 0.15) is 23.0 Å². The van der Waals surface area contributed by atoms with Crippen LogP contribution in [0.2, 0.25) is 0 Å². The molecule has 3 fully saturated rings. The maximum Gasteiger partial charge on any atom is 0.420 e. The zero-order chi connectivity index (χ0) is 29.8. The Morgan fingerprint density at radius 2 is 1.90 bits per heavy atom. The Kier molecular flexibility index (Phi) is 8.62. The van der Waals surface area contributed by atoms with E-state index in [1.54, 1.807) is 32.2 Å². The summed E-state index contributed by atoms with van der Waals surface area (Å²) in [4.78, 5) is 30.5. The standard InChI is InChI=1S/C28H38F3NO7S/c1-13(6-17-12-40-22(11-33)32-17)19-8-21-27(39-21,28(29,30)31)10-16-7-18(16)14(2)24(36)15(3)25(37)26(4,5)20(34)9-23(35)38-19/h6,12,14-16,18-21,24,33-34,36H,7-11H2,1-5H3/b13-6+/t14-,15+,16-,18-,19-,20-,21-,24-,27+/m0/s1. The van der Waals surface area contributed by atoms with Gasteiger partial charge in [-0.1, -0.05) is 27.7 Å². The van der Waals surface area contributed by atoms with Crippen molar-refractivity contribution in [1.82, 2.24) is 4.98 Å². The zero-order valence-electron chi connectivity index (χ0n) is 23.3. The average molecular weight is 590 g/mol. The Hall–Kier alpha value is -1.86. The number of nitrogens with zero attached hydrogens (tertiary/aromatic N) is 1. The summed E-state index contributed by atoms with van der Waals surface area (Å²) in [6, 6.07) is 0. The summed E-state index contributed by atoms with van der Waals surface area (Å²) >= 11 is 1.21. The second-order valence-electron chi connectivity index (χ2n) is 12.2. The number of thiazole rings is 1. The van der Waals surface area contributed by atoms with E-state index in [2.05, 4.69) is 4.98 Å². The highest BCUT2D eigenvalue weighted by Crippen LogP contribution is 2.61. The van der Waals surface area contributed by atoms with E-state index in [0.717, 1.165) is 0 Å². The number of aromatic nitrogens is 1. The van der Waals surface area contributed by atoms with Gasteiger partial charge < -0.3 is 24.8 Å². The number of epoxide rings is 1. The van der Waals surface area contributed by atoms with Crippen molar-refractivity contribution in [2.45, 2.75) is 103 Å². The summed E-state index contributed by atoms with van der Waals surface area (Å²) in [5.41, 5.74) is -2.88. The Morgan fingerprint density at radius 3 is 2.50 bits per heavy atom. The second kappa shape index (κ2) is 11.1. The number of ether oxygens (including phenoxy) is 2. The van der Waals surface area contributed by atoms with Crippen LogP contribution in [0.5, 0.6) is 0 Å². The molecule has 0 spiro atoms. The van der Waals surface area contributed by atoms with Crippen molar-refractivity contribution in [3.8, 4) is 0 Å². The van der Waals surface area contributed by atoms with Gasteiger partial charge in [-0.3, -0.25) is 9.59 Å². The Bertz CT molecular complexity index is 1150. The summed E-state index contributed by atoms with van der Waals surface area (Å²) < 4.78 is 54.1. The average Bonchev–Trinajstić information content (AvgIpc) is 3.75. The molecule has 1 saturated carbocycles. The molecule has 2 saturated heterocycles. The second-order valence-corrected chi connectivity index (χ2v) is 13.2. The van der Waals surface area contributed by atoms with Gasteiger partial charge in [0.2, 0.25) is 0 Å². The number of cyclic esters (lactones) is 1. The number of alkyl halides is 3. The number of ketones is 1. The molecule has 3 N–H and O–H groups in total. The van der Waals surface area contributed by atoms with Crippen LogP contribution in [0, 0.1) is 29.1 Å². The topological polar surface area (TPSA) is 129 Å². The number of Topliss-reactive ketones (excluding diaryl/α,β-unsaturated/α-hetero) is 1. The zero-order valence-corrected chi connectivity index (χ0v) is 24.1. The van der Waals surface area contributed by atoms with Crippen molar-refractivity contribution < 1.29 is 47.6 Å². The lowest BCUT2D eigenvalue weighted by atomic mass is 9.72. The number of halogens is 3. The van der Waals surface area contributed by atoms with Crippen LogP contribution in [0.1, 0.15) is 71.0 Å². The van der Waals surface area contributed by atoms with Gasteiger partial charge in [0.15, 0.2) is 5.60 Å². The molecule has 0 aromatic carbocycles. The van der Waals surface area contributed by atoms with Crippen LogP contribution in [0.4, 0.5) is 13.2 Å². The van der Waals surface area contributed by atoms with Crippen LogP contribution in [-0.2, 0) is 25.7 Å². The molecule has 0 radical (unpaired) electrons. The molecule has 1 aromatic rings. The maximum absolute atomic E-state index is 14.4. The minimum absolute atomic E-state index is 0.198. The van der Waals surface area contributed by atoms with E-state index in [9.17, 15) is 38.1 Å². The number of carbonyl (C=O) groups excluding carboxylic acids is 2. The molecule has 2 aliphatic heterocycles. The monoisotopic (exact) mass is 589 g/mol. The molecule has 224 valence electrons. The number of hydrogen-bond donors (Lipinski definition) is 3. The summed E-state index contributed by atoms with van der Waals surface area (Å²) in [5.74, 6) is -3.19. The number of fused-ring (bicyclic) bond motifs is 2. The van der Waals surface area contributed by atoms with Crippen LogP contribution in [0.3, 0.4) is 0 Å². The van der Waals surface area contributed by atoms with E-state index in [1.807, 2.05) is 0 Å². The predicted octanol–water partition coefficient (Wildman–Crippen LogP) is 4.06. The lowest BCUT2D eigenvalue weighted by molar-refractivity contribution is -0.187. The van der Waals surface area contributed by atoms with E-state index in [4.69, 9.17) is 9.47 Å². The predicted molar refractivity (Wildman–Crippen MR) is 140 cm³/mol. The van der Waals surface area contributed by atoms with E-state index >= 15 is 0 Å². The Morgan fingerprint density at radius 1 is 1.23 bits per heavy atom. The summed E-state index contributed by atoms with van der Waals surface area (Å²) in [6.45, 7) is 7.63. The molecule has 0 unspecified atom stereocenters. The quantitative estimate of drug-likeness (QED) is 0.356. The molecule has 12 heteroatoms. The highest BCUT2D eigenvalue weighted by molar-refractivity contribution is 7.09. The number of rotatable bonds is 3. The number of esters is 1. The molecule has 0 bridgehead atoms. The van der Waals surface area contributed by atoms with Gasteiger partial charge in [-0.25, -0.2) is 4.98 Å². The fourth-order valence-corrected chi connectivity index (χ4v) is 6.70. The molecule has 4 rings (SSSR count). The van der Waals surface area contributed by atoms with Crippen molar-refractivity contribution in [1.29, 1.82) is 0 Å². The van der Waals surface area contributed by atoms with Crippen molar-refractivity contribution >= 4 is 29.2 Å². The fraction of sp³-hybridized carbons (Fsp3) is 0.750. The van der Waals surface area contributed by atoms with E-state index < -0.39 is 71.6 Å². The lowest BCUT2D eigenvalue weighted by Gasteiger charge is -2.34. The molecule has 3 heterocycles. The van der Waals surface area contributed by atoms with Crippen LogP contribution in [0.25, 0.3) is 6.08 Å². The third kappa shape index (κ3) is 6.01. The van der Waals surface area contributed by atoms with Gasteiger partial charge in [0.25, 0.3) is 0 Å². The molecule has 9 atom stereocenters. The third-order valence-electron chi connectivity index (χ3n) is 9.10. The van der Waals surface area contributed by atoms with Gasteiger partial charge in [0, 0.05) is 17.7 Å².